The summed E-state index contributed by atoms with van der Waals surface area (Å²) in [6.45, 7) is 3.37. The number of rotatable bonds is 6. The minimum atomic E-state index is -0.358. The SMILES string of the molecule is O=[N+]([O-])c1ccccc1CCOCC1CNCCO1. The summed E-state index contributed by atoms with van der Waals surface area (Å²) in [5.74, 6) is 0. The van der Waals surface area contributed by atoms with Crippen LogP contribution >= 0.6 is 0 Å². The number of benzene rings is 1. The van der Waals surface area contributed by atoms with Gasteiger partial charge in [0.15, 0.2) is 0 Å². The summed E-state index contributed by atoms with van der Waals surface area (Å²) in [7, 11) is 0. The van der Waals surface area contributed by atoms with Crippen molar-refractivity contribution in [3.8, 4) is 0 Å². The largest absolute Gasteiger partial charge is 0.378 e. The molecule has 0 aromatic heterocycles. The molecule has 1 unspecified atom stereocenters. The quantitative estimate of drug-likeness (QED) is 0.475. The van der Waals surface area contributed by atoms with E-state index in [-0.39, 0.29) is 16.7 Å². The monoisotopic (exact) mass is 266 g/mol. The van der Waals surface area contributed by atoms with Crippen LogP contribution in [-0.4, -0.2) is 43.9 Å². The first-order valence-electron chi connectivity index (χ1n) is 6.39. The van der Waals surface area contributed by atoms with Crippen LogP contribution in [0.15, 0.2) is 24.3 Å². The van der Waals surface area contributed by atoms with Gasteiger partial charge in [-0.05, 0) is 0 Å². The van der Waals surface area contributed by atoms with E-state index in [0.717, 1.165) is 13.1 Å². The van der Waals surface area contributed by atoms with E-state index < -0.39 is 0 Å². The van der Waals surface area contributed by atoms with Crippen LogP contribution < -0.4 is 5.32 Å². The average molecular weight is 266 g/mol. The van der Waals surface area contributed by atoms with E-state index in [0.29, 0.717) is 31.8 Å². The van der Waals surface area contributed by atoms with Gasteiger partial charge in [0, 0.05) is 31.1 Å². The van der Waals surface area contributed by atoms with Crippen molar-refractivity contribution in [2.75, 3.05) is 32.9 Å². The summed E-state index contributed by atoms with van der Waals surface area (Å²) in [5.41, 5.74) is 0.858. The molecule has 0 amide bonds. The third-order valence-electron chi connectivity index (χ3n) is 3.01. The van der Waals surface area contributed by atoms with Crippen molar-refractivity contribution in [3.05, 3.63) is 39.9 Å². The van der Waals surface area contributed by atoms with Crippen molar-refractivity contribution in [1.29, 1.82) is 0 Å². The number of nitro groups is 1. The Morgan fingerprint density at radius 1 is 1.47 bits per heavy atom. The molecule has 1 N–H and O–H groups in total. The third kappa shape index (κ3) is 4.27. The minimum Gasteiger partial charge on any atom is -0.378 e. The van der Waals surface area contributed by atoms with E-state index >= 15 is 0 Å². The Morgan fingerprint density at radius 3 is 3.05 bits per heavy atom. The Balaban J connectivity index is 1.74. The second-order valence-corrected chi connectivity index (χ2v) is 4.41. The molecule has 0 aliphatic carbocycles. The molecule has 0 spiro atoms. The molecule has 6 heteroatoms. The molecule has 104 valence electrons. The lowest BCUT2D eigenvalue weighted by atomic mass is 10.1. The smallest absolute Gasteiger partial charge is 0.272 e. The number of nitrogens with zero attached hydrogens (tertiary/aromatic N) is 1. The summed E-state index contributed by atoms with van der Waals surface area (Å²) >= 11 is 0. The maximum atomic E-state index is 10.8. The highest BCUT2D eigenvalue weighted by Gasteiger charge is 2.14. The molecular formula is C13H18N2O4. The van der Waals surface area contributed by atoms with Crippen molar-refractivity contribution in [2.24, 2.45) is 0 Å². The fourth-order valence-electron chi connectivity index (χ4n) is 2.02. The second-order valence-electron chi connectivity index (χ2n) is 4.41. The topological polar surface area (TPSA) is 73.6 Å². The highest BCUT2D eigenvalue weighted by Crippen LogP contribution is 2.18. The van der Waals surface area contributed by atoms with Crippen LogP contribution in [0.4, 0.5) is 5.69 Å². The summed E-state index contributed by atoms with van der Waals surface area (Å²) in [4.78, 5) is 10.5. The van der Waals surface area contributed by atoms with E-state index in [1.165, 1.54) is 6.07 Å². The average Bonchev–Trinajstić information content (AvgIpc) is 2.45. The molecule has 1 aromatic carbocycles. The number of nitrogens with one attached hydrogen (secondary N) is 1. The van der Waals surface area contributed by atoms with Gasteiger partial charge in [-0.2, -0.15) is 0 Å². The van der Waals surface area contributed by atoms with Crippen LogP contribution in [0, 0.1) is 10.1 Å². The normalized spacial score (nSPS) is 19.3. The first-order chi connectivity index (χ1) is 9.27. The molecule has 6 nitrogen and oxygen atoms in total. The fraction of sp³-hybridized carbons (Fsp3) is 0.538. The first kappa shape index (κ1) is 13.9. The van der Waals surface area contributed by atoms with Gasteiger partial charge in [-0.15, -0.1) is 0 Å². The molecule has 1 aliphatic heterocycles. The lowest BCUT2D eigenvalue weighted by Crippen LogP contribution is -2.41. The molecule has 1 heterocycles. The molecule has 1 aliphatic rings. The van der Waals surface area contributed by atoms with Crippen LogP contribution in [0.25, 0.3) is 0 Å². The molecular weight excluding hydrogens is 248 g/mol. The van der Waals surface area contributed by atoms with Gasteiger partial charge in [-0.3, -0.25) is 10.1 Å². The van der Waals surface area contributed by atoms with E-state index in [2.05, 4.69) is 5.32 Å². The van der Waals surface area contributed by atoms with Crippen molar-refractivity contribution in [2.45, 2.75) is 12.5 Å². The maximum Gasteiger partial charge on any atom is 0.272 e. The van der Waals surface area contributed by atoms with Crippen molar-refractivity contribution < 1.29 is 14.4 Å². The van der Waals surface area contributed by atoms with E-state index in [4.69, 9.17) is 9.47 Å². The van der Waals surface area contributed by atoms with Crippen LogP contribution in [-0.2, 0) is 15.9 Å². The van der Waals surface area contributed by atoms with Crippen LogP contribution in [0.3, 0.4) is 0 Å². The molecule has 1 aromatic rings. The number of ether oxygens (including phenoxy) is 2. The second kappa shape index (κ2) is 7.18. The van der Waals surface area contributed by atoms with Crippen LogP contribution in [0.5, 0.6) is 0 Å². The Morgan fingerprint density at radius 2 is 2.32 bits per heavy atom. The summed E-state index contributed by atoms with van der Waals surface area (Å²) < 4.78 is 11.0. The molecule has 1 saturated heterocycles. The highest BCUT2D eigenvalue weighted by atomic mass is 16.6. The van der Waals surface area contributed by atoms with Gasteiger partial charge in [0.05, 0.1) is 30.8 Å². The molecule has 0 bridgehead atoms. The molecule has 19 heavy (non-hydrogen) atoms. The van der Waals surface area contributed by atoms with E-state index in [1.807, 2.05) is 0 Å². The molecule has 0 saturated carbocycles. The number of hydrogen-bond acceptors (Lipinski definition) is 5. The molecule has 2 rings (SSSR count). The van der Waals surface area contributed by atoms with Gasteiger partial charge in [0.25, 0.3) is 5.69 Å². The maximum absolute atomic E-state index is 10.8. The third-order valence-corrected chi connectivity index (χ3v) is 3.01. The lowest BCUT2D eigenvalue weighted by Gasteiger charge is -2.23. The zero-order valence-corrected chi connectivity index (χ0v) is 10.7. The van der Waals surface area contributed by atoms with Gasteiger partial charge in [0.2, 0.25) is 0 Å². The van der Waals surface area contributed by atoms with Gasteiger partial charge in [0.1, 0.15) is 0 Å². The van der Waals surface area contributed by atoms with Gasteiger partial charge < -0.3 is 14.8 Å². The van der Waals surface area contributed by atoms with Gasteiger partial charge in [-0.1, -0.05) is 18.2 Å². The molecule has 1 fully saturated rings. The first-order valence-corrected chi connectivity index (χ1v) is 6.39. The predicted molar refractivity (Wildman–Crippen MR) is 70.2 cm³/mol. The van der Waals surface area contributed by atoms with Crippen molar-refractivity contribution in [3.63, 3.8) is 0 Å². The summed E-state index contributed by atoms with van der Waals surface area (Å²) in [6.07, 6.45) is 0.622. The predicted octanol–water partition coefficient (Wildman–Crippen LogP) is 1.14. The zero-order chi connectivity index (χ0) is 13.5. The summed E-state index contributed by atoms with van der Waals surface area (Å²) in [6, 6.07) is 6.75. The number of para-hydroxylation sites is 1. The van der Waals surface area contributed by atoms with Gasteiger partial charge in [-0.25, -0.2) is 0 Å². The summed E-state index contributed by atoms with van der Waals surface area (Å²) in [5, 5.41) is 14.1. The van der Waals surface area contributed by atoms with Crippen LogP contribution in [0.1, 0.15) is 5.56 Å². The minimum absolute atomic E-state index is 0.0829. The zero-order valence-electron chi connectivity index (χ0n) is 10.7. The number of nitro benzene ring substituents is 1. The molecule has 0 radical (unpaired) electrons. The highest BCUT2D eigenvalue weighted by molar-refractivity contribution is 5.39. The fourth-order valence-corrected chi connectivity index (χ4v) is 2.02. The van der Waals surface area contributed by atoms with E-state index in [1.54, 1.807) is 18.2 Å². The van der Waals surface area contributed by atoms with Crippen molar-refractivity contribution in [1.82, 2.24) is 5.32 Å². The Hall–Kier alpha value is -1.50. The number of morpholine rings is 1. The van der Waals surface area contributed by atoms with Crippen molar-refractivity contribution >= 4 is 5.69 Å². The Bertz CT molecular complexity index is 419. The van der Waals surface area contributed by atoms with Crippen LogP contribution in [0.2, 0.25) is 0 Å². The standard InChI is InChI=1S/C13H18N2O4/c16-15(17)13-4-2-1-3-11(13)5-7-18-10-12-9-14-6-8-19-12/h1-4,12,14H,5-10H2. The Kier molecular flexibility index (Phi) is 5.26. The van der Waals surface area contributed by atoms with Gasteiger partial charge >= 0.3 is 0 Å². The lowest BCUT2D eigenvalue weighted by molar-refractivity contribution is -0.385. The van der Waals surface area contributed by atoms with E-state index in [9.17, 15) is 10.1 Å². The molecule has 1 atom stereocenters. The Labute approximate surface area is 111 Å². The number of hydrogen-bond donors (Lipinski definition) is 1.